The monoisotopic (exact) mass is 1760 g/mol. The number of methoxy groups -OCH3 is 1. The molecular weight excluding hydrogens is 1670 g/mol. The van der Waals surface area contributed by atoms with E-state index >= 15 is 0 Å². The van der Waals surface area contributed by atoms with E-state index < -0.39 is 83.4 Å². The Hall–Kier alpha value is -12.3. The third-order valence-corrected chi connectivity index (χ3v) is 23.8. The van der Waals surface area contributed by atoms with Gasteiger partial charge in [-0.05, 0) is 108 Å². The van der Waals surface area contributed by atoms with Crippen molar-refractivity contribution in [2.45, 2.75) is 181 Å². The van der Waals surface area contributed by atoms with E-state index in [0.29, 0.717) is 86.1 Å². The van der Waals surface area contributed by atoms with Crippen molar-refractivity contribution in [1.82, 2.24) is 65.9 Å². The number of ether oxygens (including phenoxy) is 3. The summed E-state index contributed by atoms with van der Waals surface area (Å²) in [5, 5.41) is 44.0. The van der Waals surface area contributed by atoms with Crippen LogP contribution in [-0.4, -0.2) is 191 Å². The van der Waals surface area contributed by atoms with E-state index in [2.05, 4.69) is 53.9 Å². The summed E-state index contributed by atoms with van der Waals surface area (Å²) in [5.74, 6) is -4.99. The number of carboxylic acids is 1. The third-order valence-electron chi connectivity index (χ3n) is 21.2. The van der Waals surface area contributed by atoms with Crippen LogP contribution >= 0.6 is 45.9 Å². The van der Waals surface area contributed by atoms with Gasteiger partial charge in [0, 0.05) is 75.9 Å². The van der Waals surface area contributed by atoms with Gasteiger partial charge in [-0.2, -0.15) is 0 Å². The molecule has 644 valence electrons. The topological polar surface area (TPSA) is 440 Å². The highest BCUT2D eigenvalue weighted by atomic mass is 35.5. The molecule has 123 heavy (non-hydrogen) atoms. The van der Waals surface area contributed by atoms with Gasteiger partial charge in [0.25, 0.3) is 41.4 Å². The van der Waals surface area contributed by atoms with Crippen molar-refractivity contribution in [3.8, 4) is 21.5 Å². The van der Waals surface area contributed by atoms with Gasteiger partial charge < -0.3 is 35.3 Å². The van der Waals surface area contributed by atoms with Gasteiger partial charge in [-0.3, -0.25) is 102 Å². The Kier molecular flexibility index (Phi) is 30.0. The number of carbonyl (C=O) groups is 14. The van der Waals surface area contributed by atoms with Gasteiger partial charge >= 0.3 is 11.9 Å². The average Bonchev–Trinajstić information content (AvgIpc) is 1.75. The lowest BCUT2D eigenvalue weighted by Crippen LogP contribution is -2.54. The van der Waals surface area contributed by atoms with E-state index in [1.165, 1.54) is 92.7 Å². The zero-order valence-electron chi connectivity index (χ0n) is 68.4. The largest absolute Gasteiger partial charge is 0.483 e. The van der Waals surface area contributed by atoms with Crippen LogP contribution in [0.3, 0.4) is 0 Å². The van der Waals surface area contributed by atoms with E-state index in [0.717, 1.165) is 88.6 Å². The maximum Gasteiger partial charge on any atom is 0.337 e. The minimum atomic E-state index is -1.10. The molecule has 4 aromatic carbocycles. The normalized spacial score (nSPS) is 16.7. The molecule has 11 amide bonds. The number of hydrogen-bond acceptors (Lipinski definition) is 25. The number of esters is 1. The number of aryl methyl sites for hydroxylation is 3. The number of imide groups is 4. The van der Waals surface area contributed by atoms with Crippen molar-refractivity contribution in [2.75, 3.05) is 40.0 Å². The number of unbranched alkanes of at least 4 members (excludes halogenated alkanes) is 11. The first kappa shape index (κ1) is 89.9. The summed E-state index contributed by atoms with van der Waals surface area (Å²) in [5.41, 5.74) is 4.48. The van der Waals surface area contributed by atoms with Gasteiger partial charge in [0.05, 0.1) is 63.9 Å². The number of aromatic nitrogens is 6. The first-order chi connectivity index (χ1) is 59.2. The number of Topliss-reactive ketones (excluding diaryl/α,β-unsaturated/α-hetero) is 1. The van der Waals surface area contributed by atoms with Crippen molar-refractivity contribution in [2.24, 2.45) is 9.98 Å². The van der Waals surface area contributed by atoms with Gasteiger partial charge in [0.1, 0.15) is 63.1 Å². The van der Waals surface area contributed by atoms with Crippen molar-refractivity contribution in [3.63, 3.8) is 0 Å². The molecule has 6 aliphatic rings. The number of carbonyl (C=O) groups excluding carboxylic acids is 13. The number of benzene rings is 4. The Bertz CT molecular complexity index is 5540. The number of carboxylic acid groups (broad SMARTS) is 1. The van der Waals surface area contributed by atoms with Crippen LogP contribution in [0.25, 0.3) is 10.0 Å². The SMILES string of the molecule is CC(=O)C[C@H]1N=C(c2ccc(Cl)cc2)c2c(C(=O)O)csc2-n2c(C)nnc21.CCCCCCCCCNC(=O)COc1cccc2c1C(=O)N(C1CCC(=O)NC1=O)C2=O.COC(=O)C[C@@H]1N=C(c2ccc(Cl)cc2)c2c(sc(C)c2C(=O)NCCCCCCCCNC(=O)COc2cccc3c2C(=O)N(C2CCC(=O)NC2=O)C3=O)-n2c(C)nnc21. The van der Waals surface area contributed by atoms with Gasteiger partial charge in [-0.1, -0.05) is 131 Å². The number of fused-ring (bicyclic) bond motifs is 8. The molecule has 37 heteroatoms. The van der Waals surface area contributed by atoms with Crippen LogP contribution in [-0.2, 0) is 43.1 Å². The summed E-state index contributed by atoms with van der Waals surface area (Å²) in [6.45, 7) is 9.98. The molecule has 6 aliphatic heterocycles. The lowest BCUT2D eigenvalue weighted by atomic mass is 9.98. The highest BCUT2D eigenvalue weighted by Crippen LogP contribution is 2.43. The summed E-state index contributed by atoms with van der Waals surface area (Å²) in [6, 6.07) is 19.8. The average molecular weight is 1760 g/mol. The Morgan fingerprint density at radius 1 is 0.537 bits per heavy atom. The molecule has 14 rings (SSSR count). The molecule has 2 unspecified atom stereocenters. The molecule has 2 saturated heterocycles. The van der Waals surface area contributed by atoms with E-state index in [1.807, 2.05) is 30.5 Å². The predicted molar refractivity (Wildman–Crippen MR) is 453 cm³/mol. The van der Waals surface area contributed by atoms with E-state index in [1.54, 1.807) is 59.3 Å². The van der Waals surface area contributed by atoms with Crippen molar-refractivity contribution < 1.29 is 86.4 Å². The Balaban J connectivity index is 0.000000189. The Labute approximate surface area is 724 Å². The molecule has 4 atom stereocenters. The lowest BCUT2D eigenvalue weighted by molar-refractivity contribution is -0.141. The van der Waals surface area contributed by atoms with Crippen molar-refractivity contribution in [1.29, 1.82) is 0 Å². The smallest absolute Gasteiger partial charge is 0.337 e. The fraction of sp³-hybridized carbons (Fsp3) is 0.395. The van der Waals surface area contributed by atoms with Gasteiger partial charge in [-0.25, -0.2) is 4.79 Å². The molecule has 0 aliphatic carbocycles. The number of aliphatic imine (C=N–C) groups is 2. The molecular formula is C86H91Cl2N15O18S2. The second-order valence-electron chi connectivity index (χ2n) is 29.9. The second kappa shape index (κ2) is 41.0. The number of nitrogens with zero attached hydrogens (tertiary/aromatic N) is 10. The zero-order valence-corrected chi connectivity index (χ0v) is 71.5. The first-order valence-corrected chi connectivity index (χ1v) is 43.0. The number of nitrogens with one attached hydrogen (secondary N) is 5. The van der Waals surface area contributed by atoms with Crippen LogP contribution in [0.5, 0.6) is 11.5 Å². The molecule has 4 aromatic heterocycles. The standard InChI is InChI=1S/C43H45ClN8O9S.C24H31N3O6.C19H15ClN4O3S/c1-23-34(36-37(25-13-15-26(44)16-14-25)47-28(21-33(55)60-3)38-50-49-24(2)51(38)43(36)62-23)40(57)46-20-9-7-5-4-6-8-19-45-32(54)22-61-30-12-10-11-27-35(30)42(59)52(41(27)58)29-17-18-31(53)48-39(29)56;1-2-3-4-5-6-7-8-14-25-20(29)15-33-18-11-9-10-16-21(18)24(32)27(23(16)31)17-12-13-19(28)26-22(17)30;1-9(25)7-14-17-23-22-10(2)24(17)18-15(13(8-28-18)19(26)27)16(21-14)11-3-5-12(20)6-4-11/h10-16,28-29H,4-9,17-22H2,1-3H3,(H,45,54)(H,46,57)(H,48,53,56);9-11,17H,2-8,12-15H2,1H3,(H,25,29)(H,26,28,30);3-6,8,14H,7H2,1-2H3,(H,26,27)/t28-,29?;;14-/m0.1/s1. The number of halogens is 2. The summed E-state index contributed by atoms with van der Waals surface area (Å²) >= 11 is 15.0. The minimum absolute atomic E-state index is 0.00734. The van der Waals surface area contributed by atoms with Crippen LogP contribution in [0.4, 0.5) is 0 Å². The van der Waals surface area contributed by atoms with E-state index in [9.17, 15) is 72.2 Å². The number of rotatable bonds is 33. The van der Waals surface area contributed by atoms with Crippen molar-refractivity contribution >= 4 is 140 Å². The predicted octanol–water partition coefficient (Wildman–Crippen LogP) is 10.9. The van der Waals surface area contributed by atoms with Crippen molar-refractivity contribution in [3.05, 3.63) is 184 Å². The number of amides is 11. The minimum Gasteiger partial charge on any atom is -0.483 e. The van der Waals surface area contributed by atoms with Crippen LogP contribution < -0.4 is 36.1 Å². The summed E-state index contributed by atoms with van der Waals surface area (Å²) in [6.07, 6.45) is 13.4. The summed E-state index contributed by atoms with van der Waals surface area (Å²) in [7, 11) is 1.32. The number of aromatic carboxylic acids is 1. The summed E-state index contributed by atoms with van der Waals surface area (Å²) < 4.78 is 19.9. The van der Waals surface area contributed by atoms with E-state index in [4.69, 9.17) is 47.4 Å². The fourth-order valence-electron chi connectivity index (χ4n) is 15.1. The molecule has 8 aromatic rings. The van der Waals surface area contributed by atoms with Crippen LogP contribution in [0.1, 0.15) is 261 Å². The lowest BCUT2D eigenvalue weighted by Gasteiger charge is -2.27. The first-order valence-electron chi connectivity index (χ1n) is 40.5. The molecule has 0 bridgehead atoms. The van der Waals surface area contributed by atoms with Gasteiger partial charge in [-0.15, -0.1) is 43.1 Å². The van der Waals surface area contributed by atoms with E-state index in [-0.39, 0.29) is 115 Å². The van der Waals surface area contributed by atoms with Crippen LogP contribution in [0.15, 0.2) is 100 Å². The molecule has 6 N–H and O–H groups in total. The number of thiophene rings is 2. The Morgan fingerprint density at radius 3 is 1.42 bits per heavy atom. The van der Waals surface area contributed by atoms with Crippen LogP contribution in [0, 0.1) is 20.8 Å². The zero-order chi connectivity index (χ0) is 87.9. The quantitative estimate of drug-likeness (QED) is 0.0126. The highest BCUT2D eigenvalue weighted by molar-refractivity contribution is 7.15. The van der Waals surface area contributed by atoms with Gasteiger partial charge in [0.15, 0.2) is 24.9 Å². The maximum atomic E-state index is 14.0. The number of piperidine rings is 2. The molecule has 0 radical (unpaired) electrons. The maximum absolute atomic E-state index is 14.0. The van der Waals surface area contributed by atoms with Gasteiger partial charge in [0.2, 0.25) is 23.6 Å². The third kappa shape index (κ3) is 20.7. The Morgan fingerprint density at radius 2 is 0.976 bits per heavy atom. The second-order valence-corrected chi connectivity index (χ2v) is 32.9. The molecule has 10 heterocycles. The fourth-order valence-corrected chi connectivity index (χ4v) is 17.7. The molecule has 0 saturated carbocycles. The molecule has 0 spiro atoms. The highest BCUT2D eigenvalue weighted by Gasteiger charge is 2.48. The molecule has 2 fully saturated rings. The number of hydrogen-bond donors (Lipinski definition) is 6. The van der Waals surface area contributed by atoms with Crippen LogP contribution in [0.2, 0.25) is 10.0 Å². The number of ketones is 1. The molecule has 33 nitrogen and oxygen atoms in total. The summed E-state index contributed by atoms with van der Waals surface area (Å²) in [4.78, 5) is 187.